The Labute approximate surface area is 122 Å². The first-order valence-corrected chi connectivity index (χ1v) is 7.12. The number of anilines is 1. The van der Waals surface area contributed by atoms with Crippen LogP contribution in [0.15, 0.2) is 24.5 Å². The van der Waals surface area contributed by atoms with Crippen molar-refractivity contribution in [2.24, 2.45) is 7.05 Å². The summed E-state index contributed by atoms with van der Waals surface area (Å²) in [7, 11) is 4.02. The molecule has 0 atom stereocenters. The molecular weight excluding hydrogens is 266 g/mol. The molecule has 0 aliphatic heterocycles. The first-order valence-electron chi connectivity index (χ1n) is 7.12. The van der Waals surface area contributed by atoms with Crippen LogP contribution < -0.4 is 4.90 Å². The van der Waals surface area contributed by atoms with Gasteiger partial charge in [0.2, 0.25) is 0 Å². The lowest BCUT2D eigenvalue weighted by atomic mass is 10.4. The highest BCUT2D eigenvalue weighted by Gasteiger charge is 2.29. The summed E-state index contributed by atoms with van der Waals surface area (Å²) in [5.41, 5.74) is 0.811. The second kappa shape index (κ2) is 4.54. The van der Waals surface area contributed by atoms with Crippen LogP contribution in [0.5, 0.6) is 0 Å². The Bertz CT molecular complexity index is 784. The van der Waals surface area contributed by atoms with E-state index < -0.39 is 0 Å². The predicted molar refractivity (Wildman–Crippen MR) is 78.1 cm³/mol. The van der Waals surface area contributed by atoms with E-state index in [-0.39, 0.29) is 0 Å². The Morgan fingerprint density at radius 2 is 2.14 bits per heavy atom. The van der Waals surface area contributed by atoms with Gasteiger partial charge in [-0.25, -0.2) is 4.98 Å². The lowest BCUT2D eigenvalue weighted by Gasteiger charge is -2.17. The maximum Gasteiger partial charge on any atom is 0.178 e. The third-order valence-corrected chi connectivity index (χ3v) is 3.91. The van der Waals surface area contributed by atoms with Crippen LogP contribution in [0.2, 0.25) is 0 Å². The average molecular weight is 283 g/mol. The Hall–Kier alpha value is -2.44. The summed E-state index contributed by atoms with van der Waals surface area (Å²) < 4.78 is 3.89. The van der Waals surface area contributed by atoms with Crippen molar-refractivity contribution in [2.75, 3.05) is 11.9 Å². The Morgan fingerprint density at radius 3 is 2.86 bits per heavy atom. The highest BCUT2D eigenvalue weighted by molar-refractivity contribution is 5.45. The van der Waals surface area contributed by atoms with Gasteiger partial charge in [0.1, 0.15) is 11.6 Å². The summed E-state index contributed by atoms with van der Waals surface area (Å²) in [6.07, 6.45) is 6.14. The van der Waals surface area contributed by atoms with Crippen molar-refractivity contribution in [3.8, 4) is 0 Å². The molecule has 4 rings (SSSR count). The Kier molecular flexibility index (Phi) is 2.66. The molecule has 0 N–H and O–H groups in total. The molecule has 7 heteroatoms. The molecule has 21 heavy (non-hydrogen) atoms. The second-order valence-corrected chi connectivity index (χ2v) is 5.60. The van der Waals surface area contributed by atoms with Crippen molar-refractivity contribution in [3.05, 3.63) is 36.2 Å². The molecular formula is C14H17N7. The molecule has 0 spiro atoms. The lowest BCUT2D eigenvalue weighted by molar-refractivity contribution is 0.737. The van der Waals surface area contributed by atoms with Crippen LogP contribution in [-0.4, -0.2) is 36.4 Å². The highest BCUT2D eigenvalue weighted by Crippen LogP contribution is 2.38. The quantitative estimate of drug-likeness (QED) is 0.723. The number of nitrogens with zero attached hydrogens (tertiary/aromatic N) is 7. The van der Waals surface area contributed by atoms with Crippen LogP contribution in [0.25, 0.3) is 5.65 Å². The predicted octanol–water partition coefficient (Wildman–Crippen LogP) is 1.37. The number of hydrogen-bond donors (Lipinski definition) is 0. The molecule has 0 unspecified atom stereocenters. The first kappa shape index (κ1) is 12.3. The fourth-order valence-electron chi connectivity index (χ4n) is 2.44. The van der Waals surface area contributed by atoms with E-state index in [1.807, 2.05) is 47.7 Å². The molecule has 7 nitrogen and oxygen atoms in total. The van der Waals surface area contributed by atoms with Crippen molar-refractivity contribution >= 4 is 11.5 Å². The molecule has 3 aromatic heterocycles. The van der Waals surface area contributed by atoms with E-state index in [1.54, 1.807) is 0 Å². The number of rotatable bonds is 4. The third-order valence-electron chi connectivity index (χ3n) is 3.91. The van der Waals surface area contributed by atoms with Gasteiger partial charge in [-0.1, -0.05) is 0 Å². The lowest BCUT2D eigenvalue weighted by Crippen LogP contribution is -2.21. The van der Waals surface area contributed by atoms with Gasteiger partial charge < -0.3 is 9.47 Å². The molecule has 1 fully saturated rings. The fraction of sp³-hybridized carbons (Fsp3) is 0.429. The molecule has 0 saturated heterocycles. The second-order valence-electron chi connectivity index (χ2n) is 5.60. The molecule has 0 amide bonds. The molecule has 1 aliphatic carbocycles. The van der Waals surface area contributed by atoms with E-state index in [9.17, 15) is 0 Å². The van der Waals surface area contributed by atoms with Gasteiger partial charge in [-0.05, 0) is 25.0 Å². The van der Waals surface area contributed by atoms with Gasteiger partial charge in [-0.15, -0.1) is 15.3 Å². The smallest absolute Gasteiger partial charge is 0.178 e. The fourth-order valence-corrected chi connectivity index (χ4v) is 2.44. The minimum absolute atomic E-state index is 0.530. The van der Waals surface area contributed by atoms with Gasteiger partial charge >= 0.3 is 0 Å². The van der Waals surface area contributed by atoms with Gasteiger partial charge in [0.25, 0.3) is 0 Å². The SMILES string of the molecule is CN(Cc1nccn1C)c1ccc2nnc(C3CC3)n2n1. The van der Waals surface area contributed by atoms with Gasteiger partial charge in [-0.3, -0.25) is 0 Å². The maximum absolute atomic E-state index is 4.69. The minimum Gasteiger partial charge on any atom is -0.351 e. The Morgan fingerprint density at radius 1 is 1.29 bits per heavy atom. The van der Waals surface area contributed by atoms with Crippen molar-refractivity contribution in [2.45, 2.75) is 25.3 Å². The summed E-state index contributed by atoms with van der Waals surface area (Å²) in [6.45, 7) is 0.711. The third kappa shape index (κ3) is 2.14. The van der Waals surface area contributed by atoms with Crippen molar-refractivity contribution in [3.63, 3.8) is 0 Å². The summed E-state index contributed by atoms with van der Waals surface area (Å²) in [4.78, 5) is 6.43. The van der Waals surface area contributed by atoms with Gasteiger partial charge in [0.15, 0.2) is 11.5 Å². The van der Waals surface area contributed by atoms with Crippen molar-refractivity contribution in [1.29, 1.82) is 0 Å². The molecule has 3 aromatic rings. The topological polar surface area (TPSA) is 64.1 Å². The van der Waals surface area contributed by atoms with E-state index >= 15 is 0 Å². The van der Waals surface area contributed by atoms with E-state index in [0.29, 0.717) is 12.5 Å². The van der Waals surface area contributed by atoms with Gasteiger partial charge in [0.05, 0.1) is 6.54 Å². The first-order chi connectivity index (χ1) is 10.2. The summed E-state index contributed by atoms with van der Waals surface area (Å²) in [5, 5.41) is 13.1. The monoisotopic (exact) mass is 283 g/mol. The van der Waals surface area contributed by atoms with E-state index in [4.69, 9.17) is 0 Å². The number of hydrogen-bond acceptors (Lipinski definition) is 5. The zero-order valence-electron chi connectivity index (χ0n) is 12.1. The van der Waals surface area contributed by atoms with Crippen LogP contribution in [0, 0.1) is 0 Å². The van der Waals surface area contributed by atoms with Crippen LogP contribution in [0.3, 0.4) is 0 Å². The van der Waals surface area contributed by atoms with Crippen LogP contribution >= 0.6 is 0 Å². The van der Waals surface area contributed by atoms with E-state index in [2.05, 4.69) is 25.2 Å². The summed E-state index contributed by atoms with van der Waals surface area (Å²) >= 11 is 0. The normalized spacial score (nSPS) is 14.8. The van der Waals surface area contributed by atoms with Gasteiger partial charge in [0, 0.05) is 32.4 Å². The molecule has 108 valence electrons. The maximum atomic E-state index is 4.69. The van der Waals surface area contributed by atoms with Gasteiger partial charge in [-0.2, -0.15) is 4.52 Å². The van der Waals surface area contributed by atoms with Crippen LogP contribution in [0.1, 0.15) is 30.4 Å². The molecule has 1 aliphatic rings. The molecule has 0 aromatic carbocycles. The zero-order valence-corrected chi connectivity index (χ0v) is 12.1. The van der Waals surface area contributed by atoms with E-state index in [1.165, 1.54) is 12.8 Å². The largest absolute Gasteiger partial charge is 0.351 e. The van der Waals surface area contributed by atoms with E-state index in [0.717, 1.165) is 23.1 Å². The van der Waals surface area contributed by atoms with Crippen molar-refractivity contribution in [1.82, 2.24) is 29.4 Å². The number of imidazole rings is 1. The van der Waals surface area contributed by atoms with Crippen molar-refractivity contribution < 1.29 is 0 Å². The molecule has 1 saturated carbocycles. The highest BCUT2D eigenvalue weighted by atomic mass is 15.4. The number of aromatic nitrogens is 6. The Balaban J connectivity index is 1.66. The minimum atomic E-state index is 0.530. The molecule has 3 heterocycles. The standard InChI is InChI=1S/C14H17N7/c1-19-8-7-15-13(19)9-20(2)12-6-5-11-16-17-14(10-3-4-10)21(11)18-12/h5-8,10H,3-4,9H2,1-2H3. The van der Waals surface area contributed by atoms with Crippen LogP contribution in [-0.2, 0) is 13.6 Å². The number of fused-ring (bicyclic) bond motifs is 1. The summed E-state index contributed by atoms with van der Waals surface area (Å²) in [5.74, 6) is 3.41. The zero-order chi connectivity index (χ0) is 14.4. The molecule has 0 radical (unpaired) electrons. The summed E-state index contributed by atoms with van der Waals surface area (Å²) in [6, 6.07) is 3.94. The van der Waals surface area contributed by atoms with Crippen LogP contribution in [0.4, 0.5) is 5.82 Å². The molecule has 0 bridgehead atoms. The average Bonchev–Trinajstić information content (AvgIpc) is 3.12. The number of aryl methyl sites for hydroxylation is 1.